The van der Waals surface area contributed by atoms with Crippen molar-refractivity contribution in [3.8, 4) is 0 Å². The molecule has 8 unspecified atom stereocenters. The predicted octanol–water partition coefficient (Wildman–Crippen LogP) is 4.35. The quantitative estimate of drug-likeness (QED) is 0.199. The summed E-state index contributed by atoms with van der Waals surface area (Å²) < 4.78 is 41.9. The summed E-state index contributed by atoms with van der Waals surface area (Å²) in [6, 6.07) is 0.186. The van der Waals surface area contributed by atoms with Gasteiger partial charge in [0.15, 0.2) is 0 Å². The molecule has 4 nitrogen and oxygen atoms in total. The van der Waals surface area contributed by atoms with Crippen LogP contribution in [0.25, 0.3) is 0 Å². The predicted molar refractivity (Wildman–Crippen MR) is 113 cm³/mol. The van der Waals surface area contributed by atoms with Crippen molar-refractivity contribution in [2.45, 2.75) is 72.9 Å². The number of aliphatic hydroxyl groups is 2. The van der Waals surface area contributed by atoms with E-state index >= 15 is 0 Å². The van der Waals surface area contributed by atoms with E-state index in [-0.39, 0.29) is 28.2 Å². The maximum atomic E-state index is 12.8. The van der Waals surface area contributed by atoms with E-state index in [1.807, 2.05) is 0 Å². The molecule has 0 aromatic carbocycles. The van der Waals surface area contributed by atoms with Crippen molar-refractivity contribution in [2.24, 2.45) is 17.8 Å². The van der Waals surface area contributed by atoms with Crippen molar-refractivity contribution < 1.29 is 23.4 Å². The van der Waals surface area contributed by atoms with Crippen molar-refractivity contribution in [1.29, 1.82) is 0 Å². The van der Waals surface area contributed by atoms with Crippen LogP contribution in [0, 0.1) is 17.8 Å². The van der Waals surface area contributed by atoms with E-state index in [4.69, 9.17) is 11.6 Å². The Kier molecular flexibility index (Phi) is 8.17. The monoisotopic (exact) mass is 472 g/mol. The van der Waals surface area contributed by atoms with Gasteiger partial charge in [-0.15, -0.1) is 23.4 Å². The van der Waals surface area contributed by atoms with Crippen LogP contribution >= 0.6 is 35.3 Å². The van der Waals surface area contributed by atoms with Crippen LogP contribution in [0.15, 0.2) is 23.9 Å². The van der Waals surface area contributed by atoms with Gasteiger partial charge in [0.2, 0.25) is 0 Å². The van der Waals surface area contributed by atoms with Crippen molar-refractivity contribution in [3.63, 3.8) is 0 Å². The highest BCUT2D eigenvalue weighted by molar-refractivity contribution is 8.17. The first kappa shape index (κ1) is 23.6. The lowest BCUT2D eigenvalue weighted by atomic mass is 9.82. The Hall–Kier alpha value is -0.0600. The second-order valence-electron chi connectivity index (χ2n) is 8.00. The van der Waals surface area contributed by atoms with Gasteiger partial charge in [-0.3, -0.25) is 5.32 Å². The van der Waals surface area contributed by atoms with Gasteiger partial charge in [0.25, 0.3) is 0 Å². The summed E-state index contributed by atoms with van der Waals surface area (Å²) in [5, 5.41) is 22.4. The Morgan fingerprint density at radius 1 is 1.31 bits per heavy atom. The third-order valence-corrected chi connectivity index (χ3v) is 8.94. The molecule has 0 saturated carbocycles. The van der Waals surface area contributed by atoms with Gasteiger partial charge in [-0.1, -0.05) is 18.2 Å². The normalized spacial score (nSPS) is 39.3. The van der Waals surface area contributed by atoms with Gasteiger partial charge in [0.05, 0.1) is 21.3 Å². The first-order valence-corrected chi connectivity index (χ1v) is 12.2. The molecule has 1 aliphatic heterocycles. The van der Waals surface area contributed by atoms with Crippen molar-refractivity contribution in [3.05, 3.63) is 23.9 Å². The van der Waals surface area contributed by atoms with Crippen molar-refractivity contribution in [1.82, 2.24) is 10.0 Å². The standard InChI is InChI=1S/C19H28ClF3N2O2S2/c1-10(26)24-12-4-2-11(3-5-12)14-9-17(28-18(14)20)29-25-13-6-7-15(16(27)8-13)19(21,22)23/h2,4,6,10-12,14-18,24-27H,3,5,7-9H2,1H3. The maximum absolute atomic E-state index is 12.8. The molecule has 4 N–H and O–H groups in total. The molecule has 1 saturated heterocycles. The van der Waals surface area contributed by atoms with Crippen LogP contribution in [0.5, 0.6) is 0 Å². The molecule has 3 rings (SSSR count). The van der Waals surface area contributed by atoms with Gasteiger partial charge in [-0.25, -0.2) is 0 Å². The lowest BCUT2D eigenvalue weighted by Gasteiger charge is -2.30. The molecule has 2 aliphatic carbocycles. The molecular weight excluding hydrogens is 445 g/mol. The number of nitrogens with one attached hydrogen (secondary N) is 2. The van der Waals surface area contributed by atoms with E-state index < -0.39 is 24.4 Å². The molecule has 0 spiro atoms. The van der Waals surface area contributed by atoms with E-state index in [0.29, 0.717) is 17.5 Å². The Balaban J connectivity index is 1.47. The average molecular weight is 473 g/mol. The first-order chi connectivity index (χ1) is 13.6. The second kappa shape index (κ2) is 10.0. The van der Waals surface area contributed by atoms with Crippen LogP contribution < -0.4 is 10.0 Å². The highest BCUT2D eigenvalue weighted by atomic mass is 35.5. The minimum Gasteiger partial charge on any atom is -0.392 e. The molecule has 0 aromatic rings. The molecule has 8 atom stereocenters. The number of rotatable bonds is 6. The third kappa shape index (κ3) is 6.46. The summed E-state index contributed by atoms with van der Waals surface area (Å²) in [5.74, 6) is -0.947. The third-order valence-electron chi connectivity index (χ3n) is 5.74. The molecule has 0 bridgehead atoms. The van der Waals surface area contributed by atoms with Crippen LogP contribution in [-0.2, 0) is 0 Å². The fraction of sp³-hybridized carbons (Fsp3) is 0.789. The molecule has 1 fully saturated rings. The van der Waals surface area contributed by atoms with Gasteiger partial charge in [-0.2, -0.15) is 13.2 Å². The van der Waals surface area contributed by atoms with E-state index in [1.165, 1.54) is 11.9 Å². The summed E-state index contributed by atoms with van der Waals surface area (Å²) in [6.07, 6.45) is 2.24. The summed E-state index contributed by atoms with van der Waals surface area (Å²) >= 11 is 9.75. The minimum absolute atomic E-state index is 0.00856. The SMILES string of the molecule is CC(O)NC1C=CC(C2CC(SNC3=CCC(C(F)(F)F)C(O)C3)SC2Cl)CC1. The van der Waals surface area contributed by atoms with Gasteiger partial charge in [0, 0.05) is 18.2 Å². The van der Waals surface area contributed by atoms with Crippen LogP contribution in [0.1, 0.15) is 39.0 Å². The van der Waals surface area contributed by atoms with E-state index in [2.05, 4.69) is 22.2 Å². The number of thioether (sulfide) groups is 1. The highest BCUT2D eigenvalue weighted by Crippen LogP contribution is 2.50. The summed E-state index contributed by atoms with van der Waals surface area (Å²) in [4.78, 5) is 0. The topological polar surface area (TPSA) is 64.5 Å². The second-order valence-corrected chi connectivity index (χ2v) is 11.4. The minimum atomic E-state index is -4.37. The fourth-order valence-electron chi connectivity index (χ4n) is 4.18. The first-order valence-electron chi connectivity index (χ1n) is 9.91. The van der Waals surface area contributed by atoms with Crippen LogP contribution in [0.4, 0.5) is 13.2 Å². The van der Waals surface area contributed by atoms with Crippen molar-refractivity contribution >= 4 is 35.3 Å². The highest BCUT2D eigenvalue weighted by Gasteiger charge is 2.45. The van der Waals surface area contributed by atoms with Crippen LogP contribution in [0.2, 0.25) is 0 Å². The molecule has 10 heteroatoms. The van der Waals surface area contributed by atoms with Crippen LogP contribution in [-0.4, -0.2) is 44.1 Å². The van der Waals surface area contributed by atoms with E-state index in [9.17, 15) is 23.4 Å². The Morgan fingerprint density at radius 3 is 2.66 bits per heavy atom. The van der Waals surface area contributed by atoms with Gasteiger partial charge < -0.3 is 14.9 Å². The zero-order valence-electron chi connectivity index (χ0n) is 16.1. The molecule has 29 heavy (non-hydrogen) atoms. The molecule has 3 aliphatic rings. The molecule has 0 amide bonds. The summed E-state index contributed by atoms with van der Waals surface area (Å²) in [5.41, 5.74) is 0.655. The average Bonchev–Trinajstić information content (AvgIpc) is 3.00. The lowest BCUT2D eigenvalue weighted by molar-refractivity contribution is -0.200. The number of hydrogen-bond donors (Lipinski definition) is 4. The number of allylic oxidation sites excluding steroid dienone is 2. The molecule has 0 radical (unpaired) electrons. The molecule has 1 heterocycles. The molecule has 0 aromatic heterocycles. The number of halogens is 4. The molecule has 166 valence electrons. The number of aliphatic hydroxyl groups excluding tert-OH is 2. The van der Waals surface area contributed by atoms with Gasteiger partial charge >= 0.3 is 6.18 Å². The largest absolute Gasteiger partial charge is 0.394 e. The van der Waals surface area contributed by atoms with Gasteiger partial charge in [-0.05, 0) is 56.4 Å². The lowest BCUT2D eigenvalue weighted by Crippen LogP contribution is -2.37. The van der Waals surface area contributed by atoms with Crippen molar-refractivity contribution in [2.75, 3.05) is 0 Å². The molecular formula is C19H28ClF3N2O2S2. The zero-order chi connectivity index (χ0) is 21.2. The van der Waals surface area contributed by atoms with E-state index in [0.717, 1.165) is 19.3 Å². The summed E-state index contributed by atoms with van der Waals surface area (Å²) in [6.45, 7) is 1.71. The Labute approximate surface area is 183 Å². The zero-order valence-corrected chi connectivity index (χ0v) is 18.5. The van der Waals surface area contributed by atoms with Gasteiger partial charge in [0.1, 0.15) is 6.23 Å². The Bertz CT molecular complexity index is 621. The van der Waals surface area contributed by atoms with E-state index in [1.54, 1.807) is 24.8 Å². The summed E-state index contributed by atoms with van der Waals surface area (Å²) in [7, 11) is 0. The smallest absolute Gasteiger partial charge is 0.392 e. The fourth-order valence-corrected chi connectivity index (χ4v) is 7.65. The Morgan fingerprint density at radius 2 is 2.07 bits per heavy atom. The number of hydrogen-bond acceptors (Lipinski definition) is 6. The number of alkyl halides is 4. The maximum Gasteiger partial charge on any atom is 0.394 e. The van der Waals surface area contributed by atoms with Crippen LogP contribution in [0.3, 0.4) is 0 Å².